The fourth-order valence-corrected chi connectivity index (χ4v) is 2.68. The zero-order valence-electron chi connectivity index (χ0n) is 12.9. The predicted molar refractivity (Wildman–Crippen MR) is 85.5 cm³/mol. The molecule has 0 atom stereocenters. The number of nitriles is 1. The lowest BCUT2D eigenvalue weighted by Crippen LogP contribution is -2.30. The Labute approximate surface area is 136 Å². The van der Waals surface area contributed by atoms with Crippen LogP contribution in [0.5, 0.6) is 5.75 Å². The molecule has 24 heavy (non-hydrogen) atoms. The molecule has 3 rings (SSSR count). The number of aromatic amines is 1. The van der Waals surface area contributed by atoms with Crippen molar-refractivity contribution in [3.8, 4) is 17.5 Å². The van der Waals surface area contributed by atoms with Gasteiger partial charge in [-0.15, -0.1) is 0 Å². The fraction of sp³-hybridized carbons (Fsp3) is 0.250. The summed E-state index contributed by atoms with van der Waals surface area (Å²) in [4.78, 5) is 39.3. The summed E-state index contributed by atoms with van der Waals surface area (Å²) in [7, 11) is 1.50. The van der Waals surface area contributed by atoms with Crippen LogP contribution in [0.15, 0.2) is 34.0 Å². The monoisotopic (exact) mass is 326 g/mol. The minimum absolute atomic E-state index is 0.0167. The number of carbonyl (C=O) groups is 1. The van der Waals surface area contributed by atoms with E-state index in [1.54, 1.807) is 29.2 Å². The van der Waals surface area contributed by atoms with Crippen molar-refractivity contribution in [1.82, 2.24) is 9.55 Å². The highest BCUT2D eigenvalue weighted by atomic mass is 16.5. The first-order chi connectivity index (χ1) is 11.5. The highest BCUT2D eigenvalue weighted by Crippen LogP contribution is 2.33. The van der Waals surface area contributed by atoms with E-state index in [0.29, 0.717) is 30.1 Å². The molecule has 2 aromatic rings. The van der Waals surface area contributed by atoms with Crippen molar-refractivity contribution < 1.29 is 9.53 Å². The molecule has 0 radical (unpaired) electrons. The average molecular weight is 326 g/mol. The van der Waals surface area contributed by atoms with Gasteiger partial charge in [0.15, 0.2) is 0 Å². The maximum atomic E-state index is 12.0. The molecule has 8 heteroatoms. The van der Waals surface area contributed by atoms with Crippen molar-refractivity contribution in [1.29, 1.82) is 5.26 Å². The van der Waals surface area contributed by atoms with Gasteiger partial charge in [0.05, 0.1) is 18.5 Å². The first kappa shape index (κ1) is 15.6. The number of hydrogen-bond donors (Lipinski definition) is 1. The van der Waals surface area contributed by atoms with Crippen molar-refractivity contribution in [3.05, 3.63) is 50.8 Å². The lowest BCUT2D eigenvalue weighted by atomic mass is 10.2. The van der Waals surface area contributed by atoms with Crippen LogP contribution in [-0.2, 0) is 4.79 Å². The van der Waals surface area contributed by atoms with Crippen LogP contribution < -0.4 is 20.9 Å². The van der Waals surface area contributed by atoms with Crippen molar-refractivity contribution in [2.75, 3.05) is 18.6 Å². The summed E-state index contributed by atoms with van der Waals surface area (Å²) in [5.41, 5.74) is -0.605. The molecule has 0 unspecified atom stereocenters. The van der Waals surface area contributed by atoms with E-state index < -0.39 is 11.2 Å². The molecule has 1 N–H and O–H groups in total. The largest absolute Gasteiger partial charge is 0.495 e. The van der Waals surface area contributed by atoms with E-state index in [1.807, 2.05) is 0 Å². The van der Waals surface area contributed by atoms with E-state index in [2.05, 4.69) is 4.98 Å². The summed E-state index contributed by atoms with van der Waals surface area (Å²) in [6, 6.07) is 6.62. The number of rotatable bonds is 3. The molecule has 1 amide bonds. The number of aromatic nitrogens is 2. The van der Waals surface area contributed by atoms with Gasteiger partial charge in [0, 0.05) is 19.2 Å². The maximum absolute atomic E-state index is 12.0. The van der Waals surface area contributed by atoms with Gasteiger partial charge in [0.25, 0.3) is 5.56 Å². The summed E-state index contributed by atoms with van der Waals surface area (Å²) >= 11 is 0. The molecule has 1 aromatic heterocycles. The summed E-state index contributed by atoms with van der Waals surface area (Å²) < 4.78 is 6.46. The molecule has 0 spiro atoms. The zero-order chi connectivity index (χ0) is 17.3. The van der Waals surface area contributed by atoms with Crippen LogP contribution in [0.1, 0.15) is 18.4 Å². The highest BCUT2D eigenvalue weighted by Gasteiger charge is 2.25. The van der Waals surface area contributed by atoms with E-state index in [9.17, 15) is 14.4 Å². The molecule has 2 heterocycles. The van der Waals surface area contributed by atoms with Gasteiger partial charge in [0.2, 0.25) is 5.91 Å². The van der Waals surface area contributed by atoms with Crippen LogP contribution in [0.2, 0.25) is 0 Å². The van der Waals surface area contributed by atoms with Crippen LogP contribution in [-0.4, -0.2) is 29.1 Å². The third kappa shape index (κ3) is 2.56. The minimum atomic E-state index is -0.734. The molecule has 1 aromatic carbocycles. The molecular formula is C16H14N4O4. The second-order valence-electron chi connectivity index (χ2n) is 5.29. The Morgan fingerprint density at radius 1 is 1.29 bits per heavy atom. The van der Waals surface area contributed by atoms with Gasteiger partial charge in [-0.25, -0.2) is 4.79 Å². The van der Waals surface area contributed by atoms with Gasteiger partial charge in [-0.1, -0.05) is 0 Å². The predicted octanol–water partition coefficient (Wildman–Crippen LogP) is 0.533. The number of ether oxygens (including phenoxy) is 1. The fourth-order valence-electron chi connectivity index (χ4n) is 2.68. The summed E-state index contributed by atoms with van der Waals surface area (Å²) in [6.45, 7) is 0.572. The van der Waals surface area contributed by atoms with E-state index >= 15 is 0 Å². The molecule has 0 saturated carbocycles. The Hall–Kier alpha value is -3.34. The Kier molecular flexibility index (Phi) is 3.92. The molecule has 1 aliphatic rings. The molecule has 1 saturated heterocycles. The van der Waals surface area contributed by atoms with Gasteiger partial charge >= 0.3 is 5.69 Å². The number of hydrogen-bond acceptors (Lipinski definition) is 5. The van der Waals surface area contributed by atoms with Crippen molar-refractivity contribution in [2.45, 2.75) is 12.8 Å². The standard InChI is InChI=1S/C16H14N4O4/c1-24-13-5-4-11(7-12(13)19-6-2-3-14(19)21)20-9-10(8-17)15(22)18-16(20)23/h4-5,7,9H,2-3,6H2,1H3,(H,18,22,23). The summed E-state index contributed by atoms with van der Waals surface area (Å²) in [5.74, 6) is 0.490. The normalized spacial score (nSPS) is 13.8. The average Bonchev–Trinajstić information content (AvgIpc) is 3.00. The third-order valence-electron chi connectivity index (χ3n) is 3.87. The molecule has 1 aliphatic heterocycles. The second-order valence-corrected chi connectivity index (χ2v) is 5.29. The Bertz CT molecular complexity index is 967. The van der Waals surface area contributed by atoms with Crippen molar-refractivity contribution in [3.63, 3.8) is 0 Å². The molecule has 1 fully saturated rings. The van der Waals surface area contributed by atoms with E-state index in [4.69, 9.17) is 10.00 Å². The molecule has 0 bridgehead atoms. The molecule has 122 valence electrons. The Morgan fingerprint density at radius 3 is 2.71 bits per heavy atom. The van der Waals surface area contributed by atoms with Crippen molar-refractivity contribution in [2.24, 2.45) is 0 Å². The van der Waals surface area contributed by atoms with Crippen molar-refractivity contribution >= 4 is 11.6 Å². The van der Waals surface area contributed by atoms with Crippen LogP contribution in [0.3, 0.4) is 0 Å². The SMILES string of the molecule is COc1ccc(-n2cc(C#N)c(=O)[nH]c2=O)cc1N1CCCC1=O. The Morgan fingerprint density at radius 2 is 2.08 bits per heavy atom. The minimum Gasteiger partial charge on any atom is -0.495 e. The first-order valence-corrected chi connectivity index (χ1v) is 7.30. The molecule has 8 nitrogen and oxygen atoms in total. The number of nitrogens with zero attached hydrogens (tertiary/aromatic N) is 3. The van der Waals surface area contributed by atoms with Crippen LogP contribution in [0.4, 0.5) is 5.69 Å². The van der Waals surface area contributed by atoms with Gasteiger partial charge < -0.3 is 9.64 Å². The van der Waals surface area contributed by atoms with Gasteiger partial charge in [0.1, 0.15) is 17.4 Å². The van der Waals surface area contributed by atoms with E-state index in [0.717, 1.165) is 11.0 Å². The lowest BCUT2D eigenvalue weighted by Gasteiger charge is -2.20. The van der Waals surface area contributed by atoms with Gasteiger partial charge in [-0.3, -0.25) is 19.1 Å². The van der Waals surface area contributed by atoms with Gasteiger partial charge in [-0.05, 0) is 24.6 Å². The quantitative estimate of drug-likeness (QED) is 0.885. The summed E-state index contributed by atoms with van der Waals surface area (Å²) in [6.07, 6.45) is 2.40. The number of nitrogens with one attached hydrogen (secondary N) is 1. The highest BCUT2D eigenvalue weighted by molar-refractivity contribution is 5.97. The first-order valence-electron chi connectivity index (χ1n) is 7.30. The third-order valence-corrected chi connectivity index (χ3v) is 3.87. The lowest BCUT2D eigenvalue weighted by molar-refractivity contribution is -0.117. The number of benzene rings is 1. The smallest absolute Gasteiger partial charge is 0.332 e. The van der Waals surface area contributed by atoms with Gasteiger partial charge in [-0.2, -0.15) is 5.26 Å². The number of methoxy groups -OCH3 is 1. The van der Waals surface area contributed by atoms with E-state index in [1.165, 1.54) is 13.3 Å². The van der Waals surface area contributed by atoms with E-state index in [-0.39, 0.29) is 11.5 Å². The topological polar surface area (TPSA) is 108 Å². The Balaban J connectivity index is 2.17. The van der Waals surface area contributed by atoms with Crippen LogP contribution >= 0.6 is 0 Å². The molecular weight excluding hydrogens is 312 g/mol. The summed E-state index contributed by atoms with van der Waals surface area (Å²) in [5, 5.41) is 8.97. The second kappa shape index (κ2) is 6.04. The molecule has 0 aliphatic carbocycles. The zero-order valence-corrected chi connectivity index (χ0v) is 12.9. The number of anilines is 1. The number of H-pyrrole nitrogens is 1. The number of carbonyl (C=O) groups excluding carboxylic acids is 1. The maximum Gasteiger partial charge on any atom is 0.332 e. The number of amides is 1. The van der Waals surface area contributed by atoms with Crippen LogP contribution in [0, 0.1) is 11.3 Å². The van der Waals surface area contributed by atoms with Crippen LogP contribution in [0.25, 0.3) is 5.69 Å².